The first-order valence-electron chi connectivity index (χ1n) is 13.6. The molecule has 0 aliphatic rings. The summed E-state index contributed by atoms with van der Waals surface area (Å²) >= 11 is 12.4. The number of anilines is 1. The van der Waals surface area contributed by atoms with Crippen molar-refractivity contribution in [3.63, 3.8) is 0 Å². The first kappa shape index (κ1) is 32.4. The number of hydrogen-bond acceptors (Lipinski definition) is 4. The van der Waals surface area contributed by atoms with E-state index in [1.54, 1.807) is 30.3 Å². The van der Waals surface area contributed by atoms with Crippen molar-refractivity contribution in [2.75, 3.05) is 17.1 Å². The van der Waals surface area contributed by atoms with Crippen LogP contribution in [0.15, 0.2) is 72.8 Å². The van der Waals surface area contributed by atoms with E-state index in [1.165, 1.54) is 4.90 Å². The molecule has 0 radical (unpaired) electrons. The number of sulfonamides is 1. The number of amides is 2. The number of carbonyl (C=O) groups excluding carboxylic acids is 2. The number of aryl methyl sites for hydroxylation is 1. The highest BCUT2D eigenvalue weighted by atomic mass is 35.5. The number of benzene rings is 3. The Bertz CT molecular complexity index is 1430. The molecule has 41 heavy (non-hydrogen) atoms. The van der Waals surface area contributed by atoms with Crippen molar-refractivity contribution in [3.05, 3.63) is 99.5 Å². The molecule has 0 spiro atoms. The van der Waals surface area contributed by atoms with E-state index in [9.17, 15) is 18.0 Å². The standard InChI is InChI=1S/C31H37Cl2N3O4S/c1-5-22(3)34-31(38)29(19-24-10-8-7-9-11-24)35(20-25-14-17-27(32)28(33)18-25)30(37)21-36(41(4,39)40)26-15-12-23(6-2)13-16-26/h7-18,22,29H,5-6,19-21H2,1-4H3,(H,34,38)/t22-,29+/m0/s1. The molecule has 0 bridgehead atoms. The van der Waals surface area contributed by atoms with E-state index < -0.39 is 28.5 Å². The summed E-state index contributed by atoms with van der Waals surface area (Å²) in [5, 5.41) is 3.68. The summed E-state index contributed by atoms with van der Waals surface area (Å²) in [4.78, 5) is 29.3. The van der Waals surface area contributed by atoms with Gasteiger partial charge in [0, 0.05) is 19.0 Å². The highest BCUT2D eigenvalue weighted by Crippen LogP contribution is 2.25. The fourth-order valence-electron chi connectivity index (χ4n) is 4.34. The van der Waals surface area contributed by atoms with Crippen LogP contribution in [-0.4, -0.2) is 50.0 Å². The predicted octanol–water partition coefficient (Wildman–Crippen LogP) is 5.88. The van der Waals surface area contributed by atoms with Crippen molar-refractivity contribution in [2.24, 2.45) is 0 Å². The number of nitrogens with one attached hydrogen (secondary N) is 1. The Morgan fingerprint density at radius 2 is 1.51 bits per heavy atom. The normalized spacial score (nSPS) is 12.8. The third kappa shape index (κ3) is 9.21. The van der Waals surface area contributed by atoms with Gasteiger partial charge in [-0.2, -0.15) is 0 Å². The Balaban J connectivity index is 2.07. The average molecular weight is 619 g/mol. The zero-order valence-electron chi connectivity index (χ0n) is 23.8. The van der Waals surface area contributed by atoms with Crippen LogP contribution in [0.1, 0.15) is 43.9 Å². The minimum atomic E-state index is -3.83. The van der Waals surface area contributed by atoms with Gasteiger partial charge in [-0.25, -0.2) is 8.42 Å². The molecular formula is C31H37Cl2N3O4S. The van der Waals surface area contributed by atoms with Gasteiger partial charge in [-0.15, -0.1) is 0 Å². The molecule has 3 aromatic carbocycles. The van der Waals surface area contributed by atoms with Gasteiger partial charge in [0.15, 0.2) is 0 Å². The largest absolute Gasteiger partial charge is 0.352 e. The first-order chi connectivity index (χ1) is 19.4. The molecule has 3 aromatic rings. The van der Waals surface area contributed by atoms with Crippen molar-refractivity contribution in [1.29, 1.82) is 0 Å². The summed E-state index contributed by atoms with van der Waals surface area (Å²) in [6.07, 6.45) is 2.80. The molecule has 2 amide bonds. The summed E-state index contributed by atoms with van der Waals surface area (Å²) in [6.45, 7) is 5.41. The second-order valence-electron chi connectivity index (χ2n) is 10.1. The summed E-state index contributed by atoms with van der Waals surface area (Å²) in [5.41, 5.74) is 2.93. The Morgan fingerprint density at radius 1 is 0.878 bits per heavy atom. The van der Waals surface area contributed by atoms with E-state index in [0.29, 0.717) is 27.7 Å². The minimum Gasteiger partial charge on any atom is -0.352 e. The fourth-order valence-corrected chi connectivity index (χ4v) is 5.51. The molecule has 0 aliphatic carbocycles. The Kier molecular flexibility index (Phi) is 11.6. The summed E-state index contributed by atoms with van der Waals surface area (Å²) in [6, 6.07) is 20.4. The molecule has 0 saturated carbocycles. The molecule has 0 heterocycles. The molecule has 220 valence electrons. The molecule has 2 atom stereocenters. The van der Waals surface area contributed by atoms with Crippen LogP contribution in [0.2, 0.25) is 10.0 Å². The molecule has 0 unspecified atom stereocenters. The summed E-state index contributed by atoms with van der Waals surface area (Å²) < 4.78 is 26.9. The van der Waals surface area contributed by atoms with Crippen molar-refractivity contribution in [2.45, 2.75) is 58.7 Å². The molecule has 1 N–H and O–H groups in total. The quantitative estimate of drug-likeness (QED) is 0.260. The van der Waals surface area contributed by atoms with Crippen LogP contribution >= 0.6 is 23.2 Å². The molecule has 7 nitrogen and oxygen atoms in total. The van der Waals surface area contributed by atoms with Gasteiger partial charge in [0.25, 0.3) is 0 Å². The number of carbonyl (C=O) groups is 2. The lowest BCUT2D eigenvalue weighted by Crippen LogP contribution is -2.54. The lowest BCUT2D eigenvalue weighted by atomic mass is 10.0. The summed E-state index contributed by atoms with van der Waals surface area (Å²) in [7, 11) is -3.83. The zero-order valence-corrected chi connectivity index (χ0v) is 26.1. The first-order valence-corrected chi connectivity index (χ1v) is 16.2. The van der Waals surface area contributed by atoms with Crippen LogP contribution in [-0.2, 0) is 39.0 Å². The van der Waals surface area contributed by atoms with E-state index in [4.69, 9.17) is 23.2 Å². The van der Waals surface area contributed by atoms with Gasteiger partial charge in [-0.1, -0.05) is 85.6 Å². The zero-order chi connectivity index (χ0) is 30.2. The molecule has 3 rings (SSSR count). The minimum absolute atomic E-state index is 0.0214. The van der Waals surface area contributed by atoms with Gasteiger partial charge in [0.2, 0.25) is 21.8 Å². The highest BCUT2D eigenvalue weighted by molar-refractivity contribution is 7.92. The Labute approximate surface area is 253 Å². The second kappa shape index (κ2) is 14.7. The van der Waals surface area contributed by atoms with Gasteiger partial charge < -0.3 is 10.2 Å². The van der Waals surface area contributed by atoms with E-state index in [0.717, 1.165) is 28.1 Å². The van der Waals surface area contributed by atoms with E-state index >= 15 is 0 Å². The van der Waals surface area contributed by atoms with Crippen LogP contribution in [0.25, 0.3) is 0 Å². The third-order valence-electron chi connectivity index (χ3n) is 6.92. The highest BCUT2D eigenvalue weighted by Gasteiger charge is 2.33. The predicted molar refractivity (Wildman–Crippen MR) is 167 cm³/mol. The van der Waals surface area contributed by atoms with Crippen LogP contribution in [0, 0.1) is 0 Å². The Morgan fingerprint density at radius 3 is 2.07 bits per heavy atom. The number of hydrogen-bond donors (Lipinski definition) is 1. The van der Waals surface area contributed by atoms with E-state index in [1.807, 2.05) is 63.2 Å². The molecule has 10 heteroatoms. The van der Waals surface area contributed by atoms with Gasteiger partial charge in [0.1, 0.15) is 12.6 Å². The maximum atomic E-state index is 14.1. The van der Waals surface area contributed by atoms with Crippen molar-refractivity contribution >= 4 is 50.7 Å². The van der Waals surface area contributed by atoms with Crippen LogP contribution in [0.5, 0.6) is 0 Å². The SMILES string of the molecule is CCc1ccc(N(CC(=O)N(Cc2ccc(Cl)c(Cl)c2)[C@H](Cc2ccccc2)C(=O)N[C@@H](C)CC)S(C)(=O)=O)cc1. The monoisotopic (exact) mass is 617 g/mol. The van der Waals surface area contributed by atoms with Crippen LogP contribution < -0.4 is 9.62 Å². The molecule has 0 aliphatic heterocycles. The van der Waals surface area contributed by atoms with Gasteiger partial charge in [0.05, 0.1) is 22.0 Å². The lowest BCUT2D eigenvalue weighted by molar-refractivity contribution is -0.140. The maximum Gasteiger partial charge on any atom is 0.244 e. The van der Waals surface area contributed by atoms with Gasteiger partial charge in [-0.05, 0) is 60.7 Å². The van der Waals surface area contributed by atoms with E-state index in [-0.39, 0.29) is 24.9 Å². The van der Waals surface area contributed by atoms with Crippen molar-refractivity contribution in [1.82, 2.24) is 10.2 Å². The maximum absolute atomic E-state index is 14.1. The third-order valence-corrected chi connectivity index (χ3v) is 8.80. The Hall–Kier alpha value is -3.07. The van der Waals surface area contributed by atoms with Gasteiger partial charge >= 0.3 is 0 Å². The fraction of sp³-hybridized carbons (Fsp3) is 0.355. The van der Waals surface area contributed by atoms with E-state index in [2.05, 4.69) is 5.32 Å². The molecule has 0 fully saturated rings. The molecule has 0 saturated heterocycles. The van der Waals surface area contributed by atoms with Crippen LogP contribution in [0.3, 0.4) is 0 Å². The van der Waals surface area contributed by atoms with Crippen LogP contribution in [0.4, 0.5) is 5.69 Å². The van der Waals surface area contributed by atoms with Gasteiger partial charge in [-0.3, -0.25) is 13.9 Å². The number of nitrogens with zero attached hydrogens (tertiary/aromatic N) is 2. The molecular weight excluding hydrogens is 581 g/mol. The smallest absolute Gasteiger partial charge is 0.244 e. The summed E-state index contributed by atoms with van der Waals surface area (Å²) in [5.74, 6) is -0.851. The lowest BCUT2D eigenvalue weighted by Gasteiger charge is -2.34. The average Bonchev–Trinajstić information content (AvgIpc) is 2.95. The molecule has 0 aromatic heterocycles. The topological polar surface area (TPSA) is 86.8 Å². The van der Waals surface area contributed by atoms with Crippen molar-refractivity contribution < 1.29 is 18.0 Å². The van der Waals surface area contributed by atoms with Crippen molar-refractivity contribution in [3.8, 4) is 0 Å². The number of rotatable bonds is 13. The second-order valence-corrected chi connectivity index (χ2v) is 12.8. The number of halogens is 2.